The van der Waals surface area contributed by atoms with E-state index in [1.54, 1.807) is 0 Å². The van der Waals surface area contributed by atoms with Crippen LogP contribution in [0.15, 0.2) is 60.7 Å². The molecule has 3 rings (SSSR count). The predicted molar refractivity (Wildman–Crippen MR) is 96.1 cm³/mol. The number of rotatable bonds is 5. The Morgan fingerprint density at radius 1 is 1.04 bits per heavy atom. The van der Waals surface area contributed by atoms with Gasteiger partial charge in [-0.1, -0.05) is 66.6 Å². The van der Waals surface area contributed by atoms with Gasteiger partial charge in [0.2, 0.25) is 0 Å². The minimum absolute atomic E-state index is 0.459. The number of piperidine rings is 1. The van der Waals surface area contributed by atoms with E-state index in [0.29, 0.717) is 18.5 Å². The summed E-state index contributed by atoms with van der Waals surface area (Å²) in [6.45, 7) is 3.85. The maximum Gasteiger partial charge on any atom is 0.0576 e. The van der Waals surface area contributed by atoms with E-state index in [4.69, 9.17) is 6.42 Å². The maximum atomic E-state index is 5.44. The highest BCUT2D eigenvalue weighted by Crippen LogP contribution is 2.28. The molecule has 0 aliphatic carbocycles. The van der Waals surface area contributed by atoms with Crippen LogP contribution in [0, 0.1) is 12.3 Å². The Kier molecular flexibility index (Phi) is 5.47. The summed E-state index contributed by atoms with van der Waals surface area (Å²) in [5.41, 5.74) is 2.79. The highest BCUT2D eigenvalue weighted by atomic mass is 15.1. The summed E-state index contributed by atoms with van der Waals surface area (Å²) in [4.78, 5) is 2.56. The van der Waals surface area contributed by atoms with E-state index in [-0.39, 0.29) is 0 Å². The molecule has 1 N–H and O–H groups in total. The smallest absolute Gasteiger partial charge is 0.0576 e. The van der Waals surface area contributed by atoms with Gasteiger partial charge >= 0.3 is 0 Å². The molecular weight excluding hydrogens is 280 g/mol. The lowest BCUT2D eigenvalue weighted by Gasteiger charge is -2.39. The van der Waals surface area contributed by atoms with Crippen molar-refractivity contribution in [2.75, 3.05) is 19.6 Å². The van der Waals surface area contributed by atoms with E-state index in [1.807, 2.05) is 0 Å². The van der Waals surface area contributed by atoms with Crippen LogP contribution in [0.4, 0.5) is 0 Å². The molecule has 2 aromatic rings. The minimum atomic E-state index is 0.459. The highest BCUT2D eigenvalue weighted by Gasteiger charge is 2.29. The lowest BCUT2D eigenvalue weighted by Crippen LogP contribution is -2.47. The topological polar surface area (TPSA) is 15.3 Å². The molecule has 0 amide bonds. The number of nitrogens with zero attached hydrogens (tertiary/aromatic N) is 1. The highest BCUT2D eigenvalue weighted by molar-refractivity contribution is 5.23. The number of nitrogens with one attached hydrogen (secondary N) is 1. The number of benzene rings is 2. The van der Waals surface area contributed by atoms with Crippen molar-refractivity contribution in [2.24, 2.45) is 0 Å². The molecule has 0 bridgehead atoms. The van der Waals surface area contributed by atoms with Crippen LogP contribution >= 0.6 is 0 Å². The fourth-order valence-electron chi connectivity index (χ4n) is 3.48. The number of hydrogen-bond acceptors (Lipinski definition) is 2. The van der Waals surface area contributed by atoms with Gasteiger partial charge in [0.1, 0.15) is 0 Å². The van der Waals surface area contributed by atoms with Crippen molar-refractivity contribution in [1.82, 2.24) is 10.2 Å². The van der Waals surface area contributed by atoms with Gasteiger partial charge in [0.25, 0.3) is 0 Å². The first-order valence-corrected chi connectivity index (χ1v) is 8.35. The van der Waals surface area contributed by atoms with E-state index in [0.717, 1.165) is 26.1 Å². The summed E-state index contributed by atoms with van der Waals surface area (Å²) in [5, 5.41) is 3.54. The van der Waals surface area contributed by atoms with E-state index in [9.17, 15) is 0 Å². The van der Waals surface area contributed by atoms with Crippen molar-refractivity contribution in [3.05, 3.63) is 71.8 Å². The zero-order valence-electron chi connectivity index (χ0n) is 13.5. The molecule has 23 heavy (non-hydrogen) atoms. The van der Waals surface area contributed by atoms with E-state index < -0.39 is 0 Å². The maximum absolute atomic E-state index is 5.44. The summed E-state index contributed by atoms with van der Waals surface area (Å²) >= 11 is 0. The lowest BCUT2D eigenvalue weighted by atomic mass is 9.85. The molecule has 2 heteroatoms. The van der Waals surface area contributed by atoms with E-state index in [1.165, 1.54) is 11.1 Å². The van der Waals surface area contributed by atoms with Gasteiger partial charge in [-0.3, -0.25) is 4.90 Å². The molecule has 0 radical (unpaired) electrons. The van der Waals surface area contributed by atoms with Crippen LogP contribution in [0.5, 0.6) is 0 Å². The predicted octanol–water partition coefficient (Wildman–Crippen LogP) is 3.27. The first kappa shape index (κ1) is 15.8. The monoisotopic (exact) mass is 304 g/mol. The number of terminal acetylenes is 1. The molecular formula is C21H24N2. The quantitative estimate of drug-likeness (QED) is 0.853. The Bertz CT molecular complexity index is 630. The van der Waals surface area contributed by atoms with Crippen LogP contribution in [-0.4, -0.2) is 30.6 Å². The number of likely N-dealkylation sites (tertiary alicyclic amines) is 1. The molecule has 0 saturated carbocycles. The van der Waals surface area contributed by atoms with Crippen molar-refractivity contribution in [2.45, 2.75) is 24.9 Å². The summed E-state index contributed by atoms with van der Waals surface area (Å²) in [5.74, 6) is 3.20. The molecule has 0 aromatic heterocycles. The van der Waals surface area contributed by atoms with Gasteiger partial charge in [-0.2, -0.15) is 0 Å². The second-order valence-electron chi connectivity index (χ2n) is 6.22. The minimum Gasteiger partial charge on any atom is -0.303 e. The number of hydrogen-bond donors (Lipinski definition) is 1. The summed E-state index contributed by atoms with van der Waals surface area (Å²) in [7, 11) is 0. The lowest BCUT2D eigenvalue weighted by molar-refractivity contribution is 0.169. The first-order chi connectivity index (χ1) is 11.4. The van der Waals surface area contributed by atoms with Crippen molar-refractivity contribution in [3.63, 3.8) is 0 Å². The van der Waals surface area contributed by atoms with Crippen LogP contribution in [0.2, 0.25) is 0 Å². The molecule has 1 fully saturated rings. The van der Waals surface area contributed by atoms with Gasteiger partial charge in [0.15, 0.2) is 0 Å². The molecule has 1 aliphatic rings. The standard InChI is InChI=1S/C21H24N2/c1-2-14-22-21-13-15-23(16-18-9-5-3-6-10-18)17-20(21)19-11-7-4-8-12-19/h1,3-12,20-22H,13-17H2. The van der Waals surface area contributed by atoms with Gasteiger partial charge in [-0.25, -0.2) is 0 Å². The normalized spacial score (nSPS) is 21.7. The Morgan fingerprint density at radius 3 is 2.43 bits per heavy atom. The average molecular weight is 304 g/mol. The van der Waals surface area contributed by atoms with Crippen LogP contribution in [-0.2, 0) is 6.54 Å². The van der Waals surface area contributed by atoms with E-state index >= 15 is 0 Å². The van der Waals surface area contributed by atoms with Crippen molar-refractivity contribution in [1.29, 1.82) is 0 Å². The average Bonchev–Trinajstić information content (AvgIpc) is 2.62. The molecule has 2 unspecified atom stereocenters. The second kappa shape index (κ2) is 7.97. The fraction of sp³-hybridized carbons (Fsp3) is 0.333. The zero-order valence-corrected chi connectivity index (χ0v) is 13.5. The van der Waals surface area contributed by atoms with E-state index in [2.05, 4.69) is 76.8 Å². The Hall–Kier alpha value is -2.08. The van der Waals surface area contributed by atoms with Crippen molar-refractivity contribution >= 4 is 0 Å². The van der Waals surface area contributed by atoms with Gasteiger partial charge in [-0.05, 0) is 17.5 Å². The summed E-state index contributed by atoms with van der Waals surface area (Å²) in [6, 6.07) is 22.0. The van der Waals surface area contributed by atoms with Gasteiger partial charge in [0, 0.05) is 31.6 Å². The zero-order chi connectivity index (χ0) is 15.9. The molecule has 2 aromatic carbocycles. The fourth-order valence-corrected chi connectivity index (χ4v) is 3.48. The molecule has 2 nitrogen and oxygen atoms in total. The summed E-state index contributed by atoms with van der Waals surface area (Å²) < 4.78 is 0. The third kappa shape index (κ3) is 4.22. The van der Waals surface area contributed by atoms with Crippen LogP contribution in [0.1, 0.15) is 23.5 Å². The summed E-state index contributed by atoms with van der Waals surface area (Å²) in [6.07, 6.45) is 6.57. The molecule has 1 aliphatic heterocycles. The third-order valence-corrected chi connectivity index (χ3v) is 4.64. The molecule has 118 valence electrons. The van der Waals surface area contributed by atoms with Gasteiger partial charge in [0.05, 0.1) is 6.54 Å². The van der Waals surface area contributed by atoms with Crippen LogP contribution in [0.25, 0.3) is 0 Å². The Balaban J connectivity index is 1.72. The van der Waals surface area contributed by atoms with Crippen LogP contribution in [0.3, 0.4) is 0 Å². The second-order valence-corrected chi connectivity index (χ2v) is 6.22. The Labute approximate surface area is 139 Å². The van der Waals surface area contributed by atoms with Gasteiger partial charge in [-0.15, -0.1) is 6.42 Å². The molecule has 2 atom stereocenters. The third-order valence-electron chi connectivity index (χ3n) is 4.64. The Morgan fingerprint density at radius 2 is 1.74 bits per heavy atom. The van der Waals surface area contributed by atoms with Gasteiger partial charge < -0.3 is 5.32 Å². The first-order valence-electron chi connectivity index (χ1n) is 8.35. The largest absolute Gasteiger partial charge is 0.303 e. The van der Waals surface area contributed by atoms with Crippen molar-refractivity contribution in [3.8, 4) is 12.3 Å². The van der Waals surface area contributed by atoms with Crippen LogP contribution < -0.4 is 5.32 Å². The SMILES string of the molecule is C#CCNC1CCN(Cc2ccccc2)CC1c1ccccc1. The molecule has 1 saturated heterocycles. The molecule has 0 spiro atoms. The van der Waals surface area contributed by atoms with Crippen molar-refractivity contribution < 1.29 is 0 Å². The molecule has 1 heterocycles.